The molecule has 2 aromatic rings. The second-order valence-corrected chi connectivity index (χ2v) is 6.19. The van der Waals surface area contributed by atoms with Crippen molar-refractivity contribution < 1.29 is 24.3 Å². The van der Waals surface area contributed by atoms with E-state index in [2.05, 4.69) is 15.0 Å². The van der Waals surface area contributed by atoms with Gasteiger partial charge < -0.3 is 25.8 Å². The maximum Gasteiger partial charge on any atom is 0.223 e. The van der Waals surface area contributed by atoms with E-state index in [9.17, 15) is 14.4 Å². The highest BCUT2D eigenvalue weighted by Crippen LogP contribution is 2.32. The molecule has 5 unspecified atom stereocenters. The molecule has 120 valence electrons. The third-order valence-corrected chi connectivity index (χ3v) is 4.30. The summed E-state index contributed by atoms with van der Waals surface area (Å²) in [5.41, 5.74) is 6.11. The molecule has 2 aromatic heterocycles. The Bertz CT molecular complexity index is 737. The minimum absolute atomic E-state index is 0.0915. The lowest BCUT2D eigenvalue weighted by atomic mass is 10.1. The molecule has 0 bridgehead atoms. The van der Waals surface area contributed by atoms with Gasteiger partial charge in [-0.05, 0) is 0 Å². The Morgan fingerprint density at radius 3 is 2.73 bits per heavy atom. The van der Waals surface area contributed by atoms with Gasteiger partial charge in [0.05, 0.1) is 23.7 Å². The van der Waals surface area contributed by atoms with Gasteiger partial charge in [0.25, 0.3) is 0 Å². The average Bonchev–Trinajstić information content (AvgIpc) is 3.00. The van der Waals surface area contributed by atoms with Crippen LogP contribution in [0, 0.1) is 0 Å². The van der Waals surface area contributed by atoms with Crippen molar-refractivity contribution in [3.63, 3.8) is 0 Å². The molecule has 0 radical (unpaired) electrons. The summed E-state index contributed by atoms with van der Waals surface area (Å²) in [6, 6.07) is 0. The molecule has 11 heteroatoms. The van der Waals surface area contributed by atoms with E-state index >= 15 is 0 Å². The summed E-state index contributed by atoms with van der Waals surface area (Å²) in [6.07, 6.45) is -1.67. The molecule has 1 saturated heterocycles. The summed E-state index contributed by atoms with van der Waals surface area (Å²) < 4.78 is 18.5. The van der Waals surface area contributed by atoms with Gasteiger partial charge in [0.15, 0.2) is 16.9 Å². The Balaban J connectivity index is 2.11. The molecule has 0 aliphatic carbocycles. The third-order valence-electron chi connectivity index (χ3n) is 3.47. The smallest absolute Gasteiger partial charge is 0.223 e. The summed E-state index contributed by atoms with van der Waals surface area (Å²) >= 11 is 0. The first-order chi connectivity index (χ1) is 10.4. The van der Waals surface area contributed by atoms with Crippen molar-refractivity contribution in [2.24, 2.45) is 0 Å². The van der Waals surface area contributed by atoms with Crippen molar-refractivity contribution in [2.75, 3.05) is 18.6 Å². The first-order valence-corrected chi connectivity index (χ1v) is 7.95. The van der Waals surface area contributed by atoms with Crippen LogP contribution in [0.5, 0.6) is 0 Å². The molecule has 5 N–H and O–H groups in total. The molecule has 0 amide bonds. The maximum absolute atomic E-state index is 11.7. The SMILES string of the molecule is CS(=O)c1nc(N)nc2c1ncn2C1OC(CO)C(O)C1O. The van der Waals surface area contributed by atoms with Crippen LogP contribution in [0.15, 0.2) is 11.4 Å². The molecule has 0 aromatic carbocycles. The zero-order chi connectivity index (χ0) is 16.0. The standard InChI is InChI=1S/C11H15N5O5S/c1-22(20)9-5-8(14-11(12)15-9)16(3-13-5)10-7(19)6(18)4(2-17)21-10/h3-4,6-7,10,17-19H,2H2,1H3,(H2,12,14,15). The number of anilines is 1. The van der Waals surface area contributed by atoms with Crippen LogP contribution in [-0.4, -0.2) is 70.2 Å². The van der Waals surface area contributed by atoms with E-state index in [0.717, 1.165) is 0 Å². The second-order valence-electron chi connectivity index (χ2n) is 4.89. The molecular weight excluding hydrogens is 314 g/mol. The number of fused-ring (bicyclic) bond motifs is 1. The fraction of sp³-hybridized carbons (Fsp3) is 0.545. The van der Waals surface area contributed by atoms with Crippen LogP contribution in [0.2, 0.25) is 0 Å². The summed E-state index contributed by atoms with van der Waals surface area (Å²) in [4.78, 5) is 12.0. The number of imidazole rings is 1. The van der Waals surface area contributed by atoms with Crippen LogP contribution < -0.4 is 5.73 Å². The molecule has 1 aliphatic rings. The van der Waals surface area contributed by atoms with Crippen molar-refractivity contribution in [2.45, 2.75) is 29.6 Å². The van der Waals surface area contributed by atoms with Crippen LogP contribution in [0.3, 0.4) is 0 Å². The molecule has 22 heavy (non-hydrogen) atoms. The van der Waals surface area contributed by atoms with Gasteiger partial charge in [-0.1, -0.05) is 0 Å². The highest BCUT2D eigenvalue weighted by molar-refractivity contribution is 7.84. The van der Waals surface area contributed by atoms with E-state index in [0.29, 0.717) is 0 Å². The Morgan fingerprint density at radius 2 is 2.14 bits per heavy atom. The monoisotopic (exact) mass is 329 g/mol. The highest BCUT2D eigenvalue weighted by Gasteiger charge is 2.44. The minimum atomic E-state index is -1.43. The van der Waals surface area contributed by atoms with Gasteiger partial charge in [0.2, 0.25) is 5.95 Å². The van der Waals surface area contributed by atoms with E-state index in [-0.39, 0.29) is 22.1 Å². The first kappa shape index (κ1) is 15.2. The molecular formula is C11H15N5O5S. The van der Waals surface area contributed by atoms with Gasteiger partial charge >= 0.3 is 0 Å². The Morgan fingerprint density at radius 1 is 1.41 bits per heavy atom. The number of nitrogen functional groups attached to an aromatic ring is 1. The quantitative estimate of drug-likeness (QED) is 0.457. The lowest BCUT2D eigenvalue weighted by molar-refractivity contribution is -0.0511. The average molecular weight is 329 g/mol. The molecule has 1 fully saturated rings. The number of hydrogen-bond acceptors (Lipinski definition) is 9. The predicted molar refractivity (Wildman–Crippen MR) is 75.1 cm³/mol. The normalized spacial score (nSPS) is 30.0. The maximum atomic E-state index is 11.7. The van der Waals surface area contributed by atoms with E-state index in [1.54, 1.807) is 0 Å². The zero-order valence-electron chi connectivity index (χ0n) is 11.5. The minimum Gasteiger partial charge on any atom is -0.394 e. The van der Waals surface area contributed by atoms with Gasteiger partial charge in [0, 0.05) is 6.26 Å². The van der Waals surface area contributed by atoms with Crippen LogP contribution in [0.4, 0.5) is 5.95 Å². The number of ether oxygens (including phenoxy) is 1. The van der Waals surface area contributed by atoms with Crippen LogP contribution in [0.1, 0.15) is 6.23 Å². The van der Waals surface area contributed by atoms with Crippen molar-refractivity contribution in [1.29, 1.82) is 0 Å². The Kier molecular flexibility index (Phi) is 3.82. The van der Waals surface area contributed by atoms with Crippen LogP contribution in [-0.2, 0) is 15.5 Å². The Labute approximate surface area is 127 Å². The fourth-order valence-electron chi connectivity index (χ4n) is 2.40. The van der Waals surface area contributed by atoms with Crippen LogP contribution >= 0.6 is 0 Å². The van der Waals surface area contributed by atoms with E-state index in [1.165, 1.54) is 17.2 Å². The summed E-state index contributed by atoms with van der Waals surface area (Å²) in [7, 11) is -1.43. The lowest BCUT2D eigenvalue weighted by Crippen LogP contribution is -2.33. The van der Waals surface area contributed by atoms with Crippen molar-refractivity contribution >= 4 is 27.9 Å². The largest absolute Gasteiger partial charge is 0.394 e. The van der Waals surface area contributed by atoms with Crippen LogP contribution in [0.25, 0.3) is 11.2 Å². The van der Waals surface area contributed by atoms with Gasteiger partial charge in [-0.2, -0.15) is 4.98 Å². The molecule has 1 aliphatic heterocycles. The van der Waals surface area contributed by atoms with Gasteiger partial charge in [-0.15, -0.1) is 0 Å². The number of hydrogen-bond donors (Lipinski definition) is 4. The molecule has 3 heterocycles. The first-order valence-electron chi connectivity index (χ1n) is 6.40. The number of aromatic nitrogens is 4. The summed E-state index contributed by atoms with van der Waals surface area (Å²) in [6.45, 7) is -0.442. The van der Waals surface area contributed by atoms with Gasteiger partial charge in [-0.25, -0.2) is 9.97 Å². The van der Waals surface area contributed by atoms with E-state index in [1.807, 2.05) is 0 Å². The molecule has 5 atom stereocenters. The third kappa shape index (κ3) is 2.27. The highest BCUT2D eigenvalue weighted by atomic mass is 32.2. The number of aliphatic hydroxyl groups excluding tert-OH is 3. The summed E-state index contributed by atoms with van der Waals surface area (Å²) in [5, 5.41) is 29.2. The molecule has 0 saturated carbocycles. The predicted octanol–water partition coefficient (Wildman–Crippen LogP) is -2.24. The molecule has 10 nitrogen and oxygen atoms in total. The fourth-order valence-corrected chi connectivity index (χ4v) is 3.04. The summed E-state index contributed by atoms with van der Waals surface area (Å²) in [5.74, 6) is -0.0915. The number of rotatable bonds is 3. The second kappa shape index (κ2) is 5.52. The number of aliphatic hydroxyl groups is 3. The van der Waals surface area contributed by atoms with E-state index in [4.69, 9.17) is 15.6 Å². The van der Waals surface area contributed by atoms with Gasteiger partial charge in [-0.3, -0.25) is 8.78 Å². The van der Waals surface area contributed by atoms with Crippen molar-refractivity contribution in [1.82, 2.24) is 19.5 Å². The van der Waals surface area contributed by atoms with E-state index < -0.39 is 41.9 Å². The Hall–Kier alpha value is -1.66. The molecule has 0 spiro atoms. The van der Waals surface area contributed by atoms with Crippen molar-refractivity contribution in [3.8, 4) is 0 Å². The topological polar surface area (TPSA) is 157 Å². The number of nitrogens with zero attached hydrogens (tertiary/aromatic N) is 4. The number of nitrogens with two attached hydrogens (primary N) is 1. The van der Waals surface area contributed by atoms with Gasteiger partial charge in [0.1, 0.15) is 23.8 Å². The van der Waals surface area contributed by atoms with Crippen molar-refractivity contribution in [3.05, 3.63) is 6.33 Å². The molecule has 3 rings (SSSR count). The zero-order valence-corrected chi connectivity index (χ0v) is 12.3. The lowest BCUT2D eigenvalue weighted by Gasteiger charge is -2.16.